The Morgan fingerprint density at radius 1 is 0.360 bits per heavy atom. The van der Waals surface area contributed by atoms with Gasteiger partial charge in [0.25, 0.3) is 0 Å². The maximum atomic E-state index is 4.43. The Morgan fingerprint density at radius 2 is 0.773 bits per heavy atom. The van der Waals surface area contributed by atoms with E-state index in [1.165, 1.54) is 61.3 Å². The van der Waals surface area contributed by atoms with E-state index >= 15 is 0 Å². The molecule has 8 aromatic rings. The number of nitrogens with zero attached hydrogens (tertiary/aromatic N) is 4. The molecule has 0 aromatic heterocycles. The van der Waals surface area contributed by atoms with Crippen molar-refractivity contribution in [3.8, 4) is 11.1 Å². The molecule has 0 saturated heterocycles. The molecule has 2 aliphatic rings. The van der Waals surface area contributed by atoms with Crippen LogP contribution in [0.1, 0.15) is 137 Å². The highest BCUT2D eigenvalue weighted by molar-refractivity contribution is 9.10. The van der Waals surface area contributed by atoms with E-state index in [9.17, 15) is 0 Å². The normalized spacial score (nSPS) is 13.6. The largest absolute Gasteiger partial charge is 0.421 e. The smallest absolute Gasteiger partial charge is 0.360 e. The first kappa shape index (κ1) is 52.0. The van der Waals surface area contributed by atoms with Crippen molar-refractivity contribution in [2.24, 2.45) is 0 Å². The van der Waals surface area contributed by atoms with Gasteiger partial charge in [-0.15, -0.1) is 0 Å². The predicted molar refractivity (Wildman–Crippen MR) is 330 cm³/mol. The van der Waals surface area contributed by atoms with Crippen molar-refractivity contribution in [3.63, 3.8) is 0 Å². The Labute approximate surface area is 458 Å². The minimum atomic E-state index is -0.194. The highest BCUT2D eigenvalue weighted by Gasteiger charge is 2.49. The molecule has 0 fully saturated rings. The van der Waals surface area contributed by atoms with Crippen LogP contribution in [0.3, 0.4) is 0 Å². The predicted octanol–water partition coefficient (Wildman–Crippen LogP) is 19.9. The first-order valence-corrected chi connectivity index (χ1v) is 27.8. The van der Waals surface area contributed by atoms with Crippen LogP contribution < -0.4 is 24.9 Å². The summed E-state index contributed by atoms with van der Waals surface area (Å²) in [5.74, 6) is 0. The van der Waals surface area contributed by atoms with Gasteiger partial charge in [0.05, 0.1) is 27.2 Å². The quantitative estimate of drug-likeness (QED) is 0.148. The van der Waals surface area contributed by atoms with Gasteiger partial charge in [0.1, 0.15) is 0 Å². The molecule has 0 unspecified atom stereocenters. The van der Waals surface area contributed by atoms with Crippen LogP contribution in [0.2, 0.25) is 0 Å². The lowest BCUT2D eigenvalue weighted by atomic mass is 9.57. The van der Waals surface area contributed by atoms with Crippen molar-refractivity contribution in [1.29, 1.82) is 0 Å². The van der Waals surface area contributed by atoms with Gasteiger partial charge in [-0.1, -0.05) is 194 Å². The Kier molecular flexibility index (Phi) is 12.9. The molecule has 0 bridgehead atoms. The summed E-state index contributed by atoms with van der Waals surface area (Å²) < 4.78 is 1.00. The van der Waals surface area contributed by atoms with Crippen molar-refractivity contribution >= 4 is 85.2 Å². The van der Waals surface area contributed by atoms with Crippen LogP contribution in [0.25, 0.3) is 11.1 Å². The fourth-order valence-corrected chi connectivity index (χ4v) is 11.6. The fraction of sp³-hybridized carbons (Fsp3) is 0.304. The number of halogens is 1. The van der Waals surface area contributed by atoms with Crippen LogP contribution >= 0.6 is 15.9 Å². The molecule has 2 heterocycles. The summed E-state index contributed by atoms with van der Waals surface area (Å²) in [6.07, 6.45) is 0. The second-order valence-electron chi connectivity index (χ2n) is 26.3. The molecule has 6 heteroatoms. The molecule has 75 heavy (non-hydrogen) atoms. The van der Waals surface area contributed by atoms with Gasteiger partial charge in [-0.2, -0.15) is 0 Å². The highest BCUT2D eigenvalue weighted by atomic mass is 79.9. The van der Waals surface area contributed by atoms with Crippen molar-refractivity contribution in [3.05, 3.63) is 208 Å². The molecule has 0 atom stereocenters. The minimum Gasteiger partial charge on any atom is -0.360 e. The van der Waals surface area contributed by atoms with Gasteiger partial charge in [-0.05, 0) is 174 Å². The molecule has 8 aromatic carbocycles. The molecule has 10 rings (SSSR count). The molecule has 0 spiro atoms. The van der Waals surface area contributed by atoms with Gasteiger partial charge in [0.2, 0.25) is 0 Å². The third-order valence-electron chi connectivity index (χ3n) is 15.6. The zero-order valence-corrected chi connectivity index (χ0v) is 49.0. The zero-order valence-electron chi connectivity index (χ0n) is 47.4. The second-order valence-corrected chi connectivity index (χ2v) is 27.1. The molecule has 0 radical (unpaired) electrons. The minimum absolute atomic E-state index is 0.00367. The summed E-state index contributed by atoms with van der Waals surface area (Å²) in [4.78, 5) is 10.1. The monoisotopic (exact) mass is 1050 g/mol. The third kappa shape index (κ3) is 9.62. The standard InChI is InChI=1S/C69H76BBrN4/c1-45-40-49(68(11,12)13)41-57-56-24-20-21-25-58(56)75-60-44-55(38-39-59(60)74(70(75)63(45)57)54-22-18-17-19-23-54)73(53-36-30-48(31-37-53)67(8,9)10)62-43-50(69(14,15)16)42-61(64(62)71)72(51-32-26-46(27-33-51)65(2,3)4)52-34-28-47(29-35-52)66(5,6)7/h17-44H,1-16H3. The van der Waals surface area contributed by atoms with Crippen LogP contribution in [0, 0.1) is 6.92 Å². The van der Waals surface area contributed by atoms with Crippen LogP contribution in [-0.4, -0.2) is 6.98 Å². The maximum Gasteiger partial charge on any atom is 0.421 e. The molecular formula is C69H76BBrN4. The third-order valence-corrected chi connectivity index (χ3v) is 16.4. The van der Waals surface area contributed by atoms with E-state index in [-0.39, 0.29) is 34.1 Å². The molecular weight excluding hydrogens is 976 g/mol. The SMILES string of the molecule is Cc1cc(C(C)(C)C)cc2c1B1N(c3ccccc3)c3ccc(N(c4ccc(C(C)(C)C)cc4)c4cc(C(C)(C)C)cc(N(c5ccc(C(C)(C)C)cc5)c5ccc(C(C)(C)C)cc5)c4Br)cc3N1c1ccccc1-2. The van der Waals surface area contributed by atoms with Crippen molar-refractivity contribution in [2.75, 3.05) is 19.4 Å². The van der Waals surface area contributed by atoms with Gasteiger partial charge in [-0.25, -0.2) is 0 Å². The molecule has 0 saturated carbocycles. The van der Waals surface area contributed by atoms with Gasteiger partial charge in [0, 0.05) is 39.7 Å². The number of benzene rings is 8. The summed E-state index contributed by atoms with van der Waals surface area (Å²) in [5, 5.41) is 0. The molecule has 0 aliphatic carbocycles. The summed E-state index contributed by atoms with van der Waals surface area (Å²) >= 11 is 4.43. The number of para-hydroxylation sites is 2. The van der Waals surface area contributed by atoms with Gasteiger partial charge < -0.3 is 19.4 Å². The molecule has 382 valence electrons. The lowest BCUT2D eigenvalue weighted by Gasteiger charge is -2.38. The van der Waals surface area contributed by atoms with Crippen LogP contribution in [0.15, 0.2) is 174 Å². The van der Waals surface area contributed by atoms with Gasteiger partial charge in [-0.3, -0.25) is 0 Å². The van der Waals surface area contributed by atoms with E-state index in [0.717, 1.165) is 50.0 Å². The van der Waals surface area contributed by atoms with E-state index in [4.69, 9.17) is 0 Å². The number of fused-ring (bicyclic) bond motifs is 8. The first-order chi connectivity index (χ1) is 35.2. The summed E-state index contributed by atoms with van der Waals surface area (Å²) in [6, 6.07) is 64.6. The second kappa shape index (κ2) is 18.7. The van der Waals surface area contributed by atoms with E-state index < -0.39 is 0 Å². The molecule has 0 N–H and O–H groups in total. The maximum absolute atomic E-state index is 4.43. The van der Waals surface area contributed by atoms with E-state index in [1.54, 1.807) is 0 Å². The van der Waals surface area contributed by atoms with Crippen molar-refractivity contribution in [2.45, 2.75) is 138 Å². The average Bonchev–Trinajstić information content (AvgIpc) is 3.71. The van der Waals surface area contributed by atoms with Crippen molar-refractivity contribution in [1.82, 2.24) is 0 Å². The number of anilines is 10. The van der Waals surface area contributed by atoms with Gasteiger partial charge >= 0.3 is 6.98 Å². The van der Waals surface area contributed by atoms with Crippen LogP contribution in [-0.2, 0) is 27.1 Å². The van der Waals surface area contributed by atoms with E-state index in [1.807, 2.05) is 0 Å². The Morgan fingerprint density at radius 3 is 1.24 bits per heavy atom. The molecule has 4 nitrogen and oxygen atoms in total. The lowest BCUT2D eigenvalue weighted by Crippen LogP contribution is -2.56. The van der Waals surface area contributed by atoms with Crippen LogP contribution in [0.4, 0.5) is 56.9 Å². The fourth-order valence-electron chi connectivity index (χ4n) is 11.1. The topological polar surface area (TPSA) is 13.0 Å². The van der Waals surface area contributed by atoms with Crippen LogP contribution in [0.5, 0.6) is 0 Å². The van der Waals surface area contributed by atoms with Crippen molar-refractivity contribution < 1.29 is 0 Å². The zero-order chi connectivity index (χ0) is 53.7. The Balaban J connectivity index is 1.24. The Hall–Kier alpha value is -6.50. The summed E-state index contributed by atoms with van der Waals surface area (Å²) in [5.41, 5.74) is 22.7. The summed E-state index contributed by atoms with van der Waals surface area (Å²) in [6.45, 7) is 36.8. The summed E-state index contributed by atoms with van der Waals surface area (Å²) in [7, 11) is 0. The number of aryl methyl sites for hydroxylation is 1. The van der Waals surface area contributed by atoms with Gasteiger partial charge in [0.15, 0.2) is 0 Å². The van der Waals surface area contributed by atoms with E-state index in [0.29, 0.717) is 0 Å². The number of rotatable bonds is 7. The molecule has 2 aliphatic heterocycles. The molecule has 0 amide bonds. The number of hydrogen-bond donors (Lipinski definition) is 0. The Bertz CT molecular complexity index is 3360. The van der Waals surface area contributed by atoms with E-state index in [2.05, 4.69) is 316 Å². The number of hydrogen-bond acceptors (Lipinski definition) is 4. The highest BCUT2D eigenvalue weighted by Crippen LogP contribution is 2.55. The first-order valence-electron chi connectivity index (χ1n) is 27.0. The lowest BCUT2D eigenvalue weighted by molar-refractivity contribution is 0.589. The average molecular weight is 1050 g/mol.